The smallest absolute Gasteiger partial charge is 0.123 e. The highest BCUT2D eigenvalue weighted by molar-refractivity contribution is 7.80. The molecule has 0 atom stereocenters. The van der Waals surface area contributed by atoms with E-state index in [-0.39, 0.29) is 0 Å². The summed E-state index contributed by atoms with van der Waals surface area (Å²) < 4.78 is 0. The second-order valence-electron chi connectivity index (χ2n) is 5.59. The molecule has 110 valence electrons. The zero-order valence-corrected chi connectivity index (χ0v) is 13.6. The third-order valence-corrected chi connectivity index (χ3v) is 4.20. The van der Waals surface area contributed by atoms with Gasteiger partial charge in [0, 0.05) is 10.5 Å². The minimum Gasteiger partial charge on any atom is -0.507 e. The highest BCUT2D eigenvalue weighted by Crippen LogP contribution is 2.39. The molecule has 0 saturated carbocycles. The van der Waals surface area contributed by atoms with Crippen molar-refractivity contribution in [1.82, 2.24) is 0 Å². The fourth-order valence-electron chi connectivity index (χ4n) is 2.68. The average Bonchev–Trinajstić information content (AvgIpc) is 2.50. The van der Waals surface area contributed by atoms with E-state index >= 15 is 0 Å². The maximum atomic E-state index is 10.2. The summed E-state index contributed by atoms with van der Waals surface area (Å²) in [4.78, 5) is 0.938. The van der Waals surface area contributed by atoms with Crippen LogP contribution < -0.4 is 0 Å². The molecule has 1 nitrogen and oxygen atoms in total. The molecule has 0 saturated heterocycles. The van der Waals surface area contributed by atoms with Crippen LogP contribution in [0, 0.1) is 13.8 Å². The number of aryl methyl sites for hydroxylation is 2. The van der Waals surface area contributed by atoms with E-state index in [4.69, 9.17) is 0 Å². The summed E-state index contributed by atoms with van der Waals surface area (Å²) in [7, 11) is 0. The maximum absolute atomic E-state index is 10.2. The SMILES string of the molecule is Cc1ccc(S)c(-c2cc(C)ccc2-c2ccccc2O)c1. The molecule has 3 aromatic carbocycles. The minimum absolute atomic E-state index is 0.293. The number of rotatable bonds is 2. The molecule has 1 N–H and O–H groups in total. The van der Waals surface area contributed by atoms with Gasteiger partial charge in [-0.15, -0.1) is 12.6 Å². The van der Waals surface area contributed by atoms with Gasteiger partial charge in [-0.25, -0.2) is 0 Å². The van der Waals surface area contributed by atoms with Crippen LogP contribution in [0.3, 0.4) is 0 Å². The van der Waals surface area contributed by atoms with E-state index in [9.17, 15) is 5.11 Å². The first-order valence-corrected chi connectivity index (χ1v) is 7.70. The van der Waals surface area contributed by atoms with E-state index in [1.807, 2.05) is 24.3 Å². The van der Waals surface area contributed by atoms with Gasteiger partial charge in [0.2, 0.25) is 0 Å². The standard InChI is InChI=1S/C20H18OS/c1-13-7-9-15(16-5-3-4-6-19(16)21)17(11-13)18-12-14(2)8-10-20(18)22/h3-12,21-22H,1-2H3. The molecule has 2 heteroatoms. The molecule has 0 bridgehead atoms. The van der Waals surface area contributed by atoms with Crippen LogP contribution in [0.15, 0.2) is 65.6 Å². The Bertz CT molecular complexity index is 837. The van der Waals surface area contributed by atoms with Crippen LogP contribution in [0.4, 0.5) is 0 Å². The Balaban J connectivity index is 2.30. The van der Waals surface area contributed by atoms with E-state index in [0.717, 1.165) is 27.1 Å². The van der Waals surface area contributed by atoms with E-state index in [2.05, 4.69) is 56.8 Å². The van der Waals surface area contributed by atoms with Crippen molar-refractivity contribution in [2.75, 3.05) is 0 Å². The molecule has 0 spiro atoms. The molecule has 0 radical (unpaired) electrons. The zero-order chi connectivity index (χ0) is 15.7. The third-order valence-electron chi connectivity index (χ3n) is 3.81. The van der Waals surface area contributed by atoms with Crippen LogP contribution in [0.5, 0.6) is 5.75 Å². The van der Waals surface area contributed by atoms with Gasteiger partial charge >= 0.3 is 0 Å². The van der Waals surface area contributed by atoms with E-state index in [1.54, 1.807) is 6.07 Å². The first kappa shape index (κ1) is 14.7. The largest absolute Gasteiger partial charge is 0.507 e. The van der Waals surface area contributed by atoms with Crippen LogP contribution in [-0.4, -0.2) is 5.11 Å². The topological polar surface area (TPSA) is 20.2 Å². The molecule has 0 amide bonds. The lowest BCUT2D eigenvalue weighted by Gasteiger charge is -2.15. The van der Waals surface area contributed by atoms with Gasteiger partial charge in [0.25, 0.3) is 0 Å². The lowest BCUT2D eigenvalue weighted by molar-refractivity contribution is 0.477. The van der Waals surface area contributed by atoms with Crippen molar-refractivity contribution < 1.29 is 5.11 Å². The molecular formula is C20H18OS. The molecule has 0 unspecified atom stereocenters. The van der Waals surface area contributed by atoms with Crippen LogP contribution in [0.1, 0.15) is 11.1 Å². The summed E-state index contributed by atoms with van der Waals surface area (Å²) in [5.74, 6) is 0.293. The van der Waals surface area contributed by atoms with Crippen molar-refractivity contribution in [3.8, 4) is 28.0 Å². The monoisotopic (exact) mass is 306 g/mol. The number of aromatic hydroxyl groups is 1. The van der Waals surface area contributed by atoms with Crippen molar-refractivity contribution in [1.29, 1.82) is 0 Å². The highest BCUT2D eigenvalue weighted by atomic mass is 32.1. The second kappa shape index (κ2) is 5.90. The molecular weight excluding hydrogens is 288 g/mol. The van der Waals surface area contributed by atoms with Gasteiger partial charge in [-0.05, 0) is 42.7 Å². The molecule has 0 aromatic heterocycles. The van der Waals surface area contributed by atoms with Gasteiger partial charge in [-0.3, -0.25) is 0 Å². The summed E-state index contributed by atoms with van der Waals surface area (Å²) in [6.07, 6.45) is 0. The second-order valence-corrected chi connectivity index (χ2v) is 6.07. The number of phenolic OH excluding ortho intramolecular Hbond substituents is 1. The number of phenols is 1. The molecule has 22 heavy (non-hydrogen) atoms. The van der Waals surface area contributed by atoms with Crippen LogP contribution in [0.25, 0.3) is 22.3 Å². The van der Waals surface area contributed by atoms with Gasteiger partial charge in [0.15, 0.2) is 0 Å². The maximum Gasteiger partial charge on any atom is 0.123 e. The highest BCUT2D eigenvalue weighted by Gasteiger charge is 2.13. The summed E-state index contributed by atoms with van der Waals surface area (Å²) in [6, 6.07) is 19.9. The van der Waals surface area contributed by atoms with Crippen molar-refractivity contribution >= 4 is 12.6 Å². The minimum atomic E-state index is 0.293. The van der Waals surface area contributed by atoms with Crippen molar-refractivity contribution in [2.24, 2.45) is 0 Å². The van der Waals surface area contributed by atoms with Crippen LogP contribution in [0.2, 0.25) is 0 Å². The number of hydrogen-bond acceptors (Lipinski definition) is 2. The number of para-hydroxylation sites is 1. The summed E-state index contributed by atoms with van der Waals surface area (Å²) in [6.45, 7) is 4.15. The Morgan fingerprint density at radius 1 is 0.682 bits per heavy atom. The van der Waals surface area contributed by atoms with Gasteiger partial charge in [-0.2, -0.15) is 0 Å². The molecule has 0 aliphatic heterocycles. The molecule has 0 heterocycles. The van der Waals surface area contributed by atoms with E-state index in [0.29, 0.717) is 5.75 Å². The van der Waals surface area contributed by atoms with E-state index < -0.39 is 0 Å². The van der Waals surface area contributed by atoms with Gasteiger partial charge in [0.1, 0.15) is 5.75 Å². The first-order chi connectivity index (χ1) is 10.6. The molecule has 3 rings (SSSR count). The summed E-state index contributed by atoms with van der Waals surface area (Å²) >= 11 is 4.61. The quantitative estimate of drug-likeness (QED) is 0.588. The number of hydrogen-bond donors (Lipinski definition) is 2. The first-order valence-electron chi connectivity index (χ1n) is 7.25. The average molecular weight is 306 g/mol. The Labute approximate surface area is 136 Å². The molecule has 0 aliphatic carbocycles. The predicted molar refractivity (Wildman–Crippen MR) is 95.7 cm³/mol. The fourth-order valence-corrected chi connectivity index (χ4v) is 2.94. The number of thiol groups is 1. The molecule has 0 fully saturated rings. The van der Waals surface area contributed by atoms with Crippen LogP contribution >= 0.6 is 12.6 Å². The van der Waals surface area contributed by atoms with Gasteiger partial charge in [0.05, 0.1) is 0 Å². The van der Waals surface area contributed by atoms with E-state index in [1.165, 1.54) is 11.1 Å². The third kappa shape index (κ3) is 2.75. The van der Waals surface area contributed by atoms with Crippen molar-refractivity contribution in [3.63, 3.8) is 0 Å². The van der Waals surface area contributed by atoms with Crippen molar-refractivity contribution in [2.45, 2.75) is 18.7 Å². The van der Waals surface area contributed by atoms with Gasteiger partial charge < -0.3 is 5.11 Å². The number of benzene rings is 3. The summed E-state index contributed by atoms with van der Waals surface area (Å²) in [5.41, 5.74) is 6.41. The normalized spacial score (nSPS) is 10.7. The van der Waals surface area contributed by atoms with Crippen LogP contribution in [-0.2, 0) is 0 Å². The fraction of sp³-hybridized carbons (Fsp3) is 0.100. The Hall–Kier alpha value is -2.19. The lowest BCUT2D eigenvalue weighted by atomic mass is 9.92. The predicted octanol–water partition coefficient (Wildman–Crippen LogP) is 5.63. The Kier molecular flexibility index (Phi) is 3.95. The Morgan fingerprint density at radius 2 is 1.32 bits per heavy atom. The van der Waals surface area contributed by atoms with Crippen molar-refractivity contribution in [3.05, 3.63) is 71.8 Å². The Morgan fingerprint density at radius 3 is 2.05 bits per heavy atom. The zero-order valence-electron chi connectivity index (χ0n) is 12.7. The molecule has 0 aliphatic rings. The molecule has 3 aromatic rings. The lowest BCUT2D eigenvalue weighted by Crippen LogP contribution is -1.89. The van der Waals surface area contributed by atoms with Gasteiger partial charge in [-0.1, -0.05) is 59.7 Å². The summed E-state index contributed by atoms with van der Waals surface area (Å²) in [5, 5.41) is 10.2.